The summed E-state index contributed by atoms with van der Waals surface area (Å²) in [5, 5.41) is 13.7. The molecule has 7 heteroatoms. The number of hydrogen-bond acceptors (Lipinski definition) is 4. The maximum atomic E-state index is 12.1. The number of amides is 1. The smallest absolute Gasteiger partial charge is 0.270 e. The number of nitrogens with one attached hydrogen (secondary N) is 1. The van der Waals surface area contributed by atoms with Gasteiger partial charge >= 0.3 is 0 Å². The summed E-state index contributed by atoms with van der Waals surface area (Å²) in [5.74, 6) is 0.000234. The van der Waals surface area contributed by atoms with Crippen LogP contribution in [0.25, 0.3) is 0 Å². The third-order valence-electron chi connectivity index (χ3n) is 2.98. The maximum Gasteiger partial charge on any atom is 0.270 e. The molecule has 1 aromatic rings. The van der Waals surface area contributed by atoms with Gasteiger partial charge in [-0.05, 0) is 42.8 Å². The average Bonchev–Trinajstić information content (AvgIpc) is 2.41. The summed E-state index contributed by atoms with van der Waals surface area (Å²) in [6.07, 6.45) is 0. The van der Waals surface area contributed by atoms with E-state index in [2.05, 4.69) is 21.2 Å². The Morgan fingerprint density at radius 1 is 1.45 bits per heavy atom. The van der Waals surface area contributed by atoms with Gasteiger partial charge in [0.15, 0.2) is 0 Å². The van der Waals surface area contributed by atoms with Crippen molar-refractivity contribution < 1.29 is 9.72 Å². The molecule has 1 unspecified atom stereocenters. The summed E-state index contributed by atoms with van der Waals surface area (Å²) in [4.78, 5) is 24.1. The first-order chi connectivity index (χ1) is 9.40. The van der Waals surface area contributed by atoms with E-state index < -0.39 is 11.0 Å². The first-order valence-electron chi connectivity index (χ1n) is 6.39. The van der Waals surface area contributed by atoms with Crippen molar-refractivity contribution >= 4 is 33.2 Å². The van der Waals surface area contributed by atoms with Crippen molar-refractivity contribution in [3.05, 3.63) is 32.8 Å². The topological polar surface area (TPSA) is 75.5 Å². The number of carbonyl (C=O) groups is 1. The number of anilines is 1. The molecule has 0 fully saturated rings. The third kappa shape index (κ3) is 3.93. The second-order valence-corrected chi connectivity index (χ2v) is 5.15. The molecule has 0 radical (unpaired) electrons. The molecule has 1 rings (SSSR count). The van der Waals surface area contributed by atoms with Gasteiger partial charge in [0.1, 0.15) is 6.04 Å². The molecule has 1 N–H and O–H groups in total. The zero-order chi connectivity index (χ0) is 15.3. The number of nitrogens with zero attached hydrogens (tertiary/aromatic N) is 2. The summed E-state index contributed by atoms with van der Waals surface area (Å²) in [7, 11) is 0. The van der Waals surface area contributed by atoms with Gasteiger partial charge in [-0.2, -0.15) is 0 Å². The summed E-state index contributed by atoms with van der Waals surface area (Å²) in [5.41, 5.74) is 0.661. The summed E-state index contributed by atoms with van der Waals surface area (Å²) in [6.45, 7) is 6.94. The van der Waals surface area contributed by atoms with Crippen molar-refractivity contribution in [2.75, 3.05) is 18.4 Å². The highest BCUT2D eigenvalue weighted by atomic mass is 79.9. The molecule has 1 atom stereocenters. The van der Waals surface area contributed by atoms with Crippen LogP contribution in [0, 0.1) is 10.1 Å². The second kappa shape index (κ2) is 7.23. The molecule has 6 nitrogen and oxygen atoms in total. The van der Waals surface area contributed by atoms with Crippen LogP contribution in [0.3, 0.4) is 0 Å². The molecule has 0 aliphatic heterocycles. The molecule has 1 aromatic carbocycles. The average molecular weight is 344 g/mol. The van der Waals surface area contributed by atoms with Crippen LogP contribution < -0.4 is 5.32 Å². The number of hydrogen-bond donors (Lipinski definition) is 1. The molecule has 0 spiro atoms. The molecule has 20 heavy (non-hydrogen) atoms. The first kappa shape index (κ1) is 16.4. The van der Waals surface area contributed by atoms with Crippen molar-refractivity contribution in [1.29, 1.82) is 0 Å². The number of benzene rings is 1. The number of carbonyl (C=O) groups excluding carboxylic acids is 1. The van der Waals surface area contributed by atoms with Gasteiger partial charge in [-0.25, -0.2) is 0 Å². The van der Waals surface area contributed by atoms with E-state index in [9.17, 15) is 14.9 Å². The molecule has 0 bridgehead atoms. The predicted molar refractivity (Wildman–Crippen MR) is 81.8 cm³/mol. The number of rotatable bonds is 6. The summed E-state index contributed by atoms with van der Waals surface area (Å²) < 4.78 is 0.561. The van der Waals surface area contributed by atoms with Crippen molar-refractivity contribution in [3.63, 3.8) is 0 Å². The molecular weight excluding hydrogens is 326 g/mol. The number of nitro benzene ring substituents is 1. The van der Waals surface area contributed by atoms with E-state index >= 15 is 0 Å². The Morgan fingerprint density at radius 2 is 2.05 bits per heavy atom. The Labute approximate surface area is 126 Å². The van der Waals surface area contributed by atoms with Crippen molar-refractivity contribution in [2.45, 2.75) is 26.8 Å². The standard InChI is InChI=1S/C13H18BrN3O3/c1-4-16(5-2)13(18)9(3)15-12-7-6-10(17(19)20)8-11(12)14/h6-9,15H,4-5H2,1-3H3. The molecule has 0 aliphatic carbocycles. The lowest BCUT2D eigenvalue weighted by Crippen LogP contribution is -2.41. The van der Waals surface area contributed by atoms with E-state index in [1.54, 1.807) is 17.9 Å². The van der Waals surface area contributed by atoms with E-state index in [0.29, 0.717) is 23.2 Å². The van der Waals surface area contributed by atoms with Crippen molar-refractivity contribution in [3.8, 4) is 0 Å². The number of halogens is 1. The highest BCUT2D eigenvalue weighted by molar-refractivity contribution is 9.10. The molecule has 0 heterocycles. The van der Waals surface area contributed by atoms with Crippen LogP contribution in [0.4, 0.5) is 11.4 Å². The minimum Gasteiger partial charge on any atom is -0.373 e. The van der Waals surface area contributed by atoms with E-state index in [1.165, 1.54) is 12.1 Å². The fraction of sp³-hybridized carbons (Fsp3) is 0.462. The monoisotopic (exact) mass is 343 g/mol. The zero-order valence-corrected chi connectivity index (χ0v) is 13.3. The van der Waals surface area contributed by atoms with Crippen molar-refractivity contribution in [1.82, 2.24) is 4.90 Å². The van der Waals surface area contributed by atoms with Gasteiger partial charge in [0, 0.05) is 35.4 Å². The molecule has 0 saturated heterocycles. The largest absolute Gasteiger partial charge is 0.373 e. The lowest BCUT2D eigenvalue weighted by molar-refractivity contribution is -0.384. The minimum atomic E-state index is -0.459. The minimum absolute atomic E-state index is 0.000234. The van der Waals surface area contributed by atoms with Crippen LogP contribution in [0.5, 0.6) is 0 Å². The predicted octanol–water partition coefficient (Wildman–Crippen LogP) is 3.03. The highest BCUT2D eigenvalue weighted by Gasteiger charge is 2.19. The van der Waals surface area contributed by atoms with Crippen LogP contribution in [-0.4, -0.2) is 34.9 Å². The Bertz CT molecular complexity index is 504. The number of non-ortho nitro benzene ring substituents is 1. The van der Waals surface area contributed by atoms with Crippen LogP contribution in [-0.2, 0) is 4.79 Å². The summed E-state index contributed by atoms with van der Waals surface area (Å²) in [6, 6.07) is 4.01. The first-order valence-corrected chi connectivity index (χ1v) is 7.19. The van der Waals surface area contributed by atoms with Gasteiger partial charge in [0.05, 0.1) is 4.92 Å². The fourth-order valence-corrected chi connectivity index (χ4v) is 2.32. The summed E-state index contributed by atoms with van der Waals surface area (Å²) >= 11 is 3.27. The van der Waals surface area contributed by atoms with Crippen LogP contribution >= 0.6 is 15.9 Å². The Kier molecular flexibility index (Phi) is 5.94. The molecule has 0 saturated carbocycles. The fourth-order valence-electron chi connectivity index (χ4n) is 1.84. The van der Waals surface area contributed by atoms with Crippen molar-refractivity contribution in [2.24, 2.45) is 0 Å². The van der Waals surface area contributed by atoms with E-state index in [4.69, 9.17) is 0 Å². The quantitative estimate of drug-likeness (QED) is 0.636. The van der Waals surface area contributed by atoms with E-state index in [1.807, 2.05) is 13.8 Å². The van der Waals surface area contributed by atoms with Gasteiger partial charge in [0.2, 0.25) is 5.91 Å². The van der Waals surface area contributed by atoms with Gasteiger partial charge in [-0.3, -0.25) is 14.9 Å². The second-order valence-electron chi connectivity index (χ2n) is 4.30. The SMILES string of the molecule is CCN(CC)C(=O)C(C)Nc1ccc([N+](=O)[O-])cc1Br. The lowest BCUT2D eigenvalue weighted by atomic mass is 10.2. The maximum absolute atomic E-state index is 12.1. The number of nitro groups is 1. The van der Waals surface area contributed by atoms with Gasteiger partial charge in [0.25, 0.3) is 5.69 Å². The Balaban J connectivity index is 2.83. The number of likely N-dealkylation sites (N-methyl/N-ethyl adjacent to an activating group) is 1. The lowest BCUT2D eigenvalue weighted by Gasteiger charge is -2.24. The van der Waals surface area contributed by atoms with Crippen LogP contribution in [0.1, 0.15) is 20.8 Å². The molecule has 1 amide bonds. The highest BCUT2D eigenvalue weighted by Crippen LogP contribution is 2.27. The van der Waals surface area contributed by atoms with Crippen LogP contribution in [0.2, 0.25) is 0 Å². The Hall–Kier alpha value is -1.63. The molecule has 110 valence electrons. The Morgan fingerprint density at radius 3 is 2.50 bits per heavy atom. The van der Waals surface area contributed by atoms with Crippen LogP contribution in [0.15, 0.2) is 22.7 Å². The van der Waals surface area contributed by atoms with Gasteiger partial charge < -0.3 is 10.2 Å². The van der Waals surface area contributed by atoms with Gasteiger partial charge in [-0.15, -0.1) is 0 Å². The van der Waals surface area contributed by atoms with E-state index in [0.717, 1.165) is 0 Å². The zero-order valence-electron chi connectivity index (χ0n) is 11.7. The van der Waals surface area contributed by atoms with Gasteiger partial charge in [-0.1, -0.05) is 0 Å². The molecule has 0 aliphatic rings. The molecular formula is C13H18BrN3O3. The third-order valence-corrected chi connectivity index (χ3v) is 3.64. The molecule has 0 aromatic heterocycles. The van der Waals surface area contributed by atoms with E-state index in [-0.39, 0.29) is 11.6 Å². The normalized spacial score (nSPS) is 11.8.